The number of nitrogens with one attached hydrogen (secondary N) is 1. The number of carbonyl (C=O) groups excluding carboxylic acids is 1. The summed E-state index contributed by atoms with van der Waals surface area (Å²) in [5.41, 5.74) is 1.74. The molecule has 0 aliphatic carbocycles. The Bertz CT molecular complexity index is 650. The third-order valence-corrected chi connectivity index (χ3v) is 2.71. The molecule has 0 radical (unpaired) electrons. The fourth-order valence-corrected chi connectivity index (χ4v) is 1.80. The zero-order chi connectivity index (χ0) is 14.7. The number of anilines is 1. The van der Waals surface area contributed by atoms with Gasteiger partial charge in [-0.2, -0.15) is 0 Å². The van der Waals surface area contributed by atoms with E-state index in [0.717, 1.165) is 0 Å². The van der Waals surface area contributed by atoms with Gasteiger partial charge in [0.25, 0.3) is 0 Å². The molecular formula is C13H15N3O4. The highest BCUT2D eigenvalue weighted by Gasteiger charge is 2.13. The molecule has 7 heteroatoms. The van der Waals surface area contributed by atoms with Crippen LogP contribution in [0.1, 0.15) is 17.3 Å². The number of esters is 1. The number of ether oxygens (including phenoxy) is 1. The summed E-state index contributed by atoms with van der Waals surface area (Å²) in [4.78, 5) is 31.0. The summed E-state index contributed by atoms with van der Waals surface area (Å²) in [6.07, 6.45) is 0. The van der Waals surface area contributed by atoms with Gasteiger partial charge < -0.3 is 19.7 Å². The monoisotopic (exact) mass is 277 g/mol. The van der Waals surface area contributed by atoms with Crippen molar-refractivity contribution < 1.29 is 19.4 Å². The van der Waals surface area contributed by atoms with E-state index < -0.39 is 11.9 Å². The van der Waals surface area contributed by atoms with Crippen LogP contribution in [0.3, 0.4) is 0 Å². The van der Waals surface area contributed by atoms with Crippen LogP contribution in [0.15, 0.2) is 18.2 Å². The van der Waals surface area contributed by atoms with Crippen molar-refractivity contribution in [3.05, 3.63) is 23.8 Å². The Kier molecular flexibility index (Phi) is 3.88. The lowest BCUT2D eigenvalue weighted by atomic mass is 10.2. The number of aromatic amines is 1. The first-order valence-electron chi connectivity index (χ1n) is 6.11. The molecule has 0 fully saturated rings. The Balaban J connectivity index is 2.30. The molecule has 2 rings (SSSR count). The highest BCUT2D eigenvalue weighted by molar-refractivity contribution is 5.94. The van der Waals surface area contributed by atoms with Gasteiger partial charge in [-0.05, 0) is 25.1 Å². The first-order valence-corrected chi connectivity index (χ1v) is 6.11. The number of fused-ring (bicyclic) bond motifs is 1. The van der Waals surface area contributed by atoms with E-state index in [1.807, 2.05) is 0 Å². The van der Waals surface area contributed by atoms with Crippen molar-refractivity contribution in [3.63, 3.8) is 0 Å². The molecule has 0 saturated heterocycles. The van der Waals surface area contributed by atoms with Crippen LogP contribution in [-0.2, 0) is 9.53 Å². The maximum atomic E-state index is 11.6. The number of carbonyl (C=O) groups is 2. The second kappa shape index (κ2) is 5.60. The molecule has 0 aliphatic rings. The topological polar surface area (TPSA) is 95.5 Å². The lowest BCUT2D eigenvalue weighted by Crippen LogP contribution is -2.25. The van der Waals surface area contributed by atoms with Gasteiger partial charge in [0.15, 0.2) is 0 Å². The van der Waals surface area contributed by atoms with E-state index in [-0.39, 0.29) is 6.54 Å². The number of hydrogen-bond acceptors (Lipinski definition) is 5. The molecule has 2 aromatic rings. The van der Waals surface area contributed by atoms with Crippen LogP contribution in [-0.4, -0.2) is 47.2 Å². The third-order valence-electron chi connectivity index (χ3n) is 2.71. The standard InChI is InChI=1S/C13H15N3O4/c1-3-20-12(19)8-4-5-9-10(6-8)15-13(14-9)16(2)7-11(17)18/h4-6H,3,7H2,1-2H3,(H,14,15)(H,17,18). The molecule has 0 aliphatic heterocycles. The van der Waals surface area contributed by atoms with Gasteiger partial charge in [-0.3, -0.25) is 4.79 Å². The molecular weight excluding hydrogens is 262 g/mol. The van der Waals surface area contributed by atoms with Crippen LogP contribution >= 0.6 is 0 Å². The predicted octanol–water partition coefficient (Wildman–Crippen LogP) is 1.26. The van der Waals surface area contributed by atoms with Gasteiger partial charge >= 0.3 is 11.9 Å². The van der Waals surface area contributed by atoms with Crippen LogP contribution in [0.4, 0.5) is 5.95 Å². The fraction of sp³-hybridized carbons (Fsp3) is 0.308. The second-order valence-electron chi connectivity index (χ2n) is 4.26. The molecule has 1 aromatic heterocycles. The summed E-state index contributed by atoms with van der Waals surface area (Å²) < 4.78 is 4.92. The van der Waals surface area contributed by atoms with E-state index in [9.17, 15) is 9.59 Å². The number of likely N-dealkylation sites (N-methyl/N-ethyl adjacent to an activating group) is 1. The second-order valence-corrected chi connectivity index (χ2v) is 4.26. The number of nitrogens with zero attached hydrogens (tertiary/aromatic N) is 2. The van der Waals surface area contributed by atoms with E-state index >= 15 is 0 Å². The molecule has 0 bridgehead atoms. The maximum Gasteiger partial charge on any atom is 0.338 e. The van der Waals surface area contributed by atoms with Gasteiger partial charge in [0.05, 0.1) is 23.2 Å². The Morgan fingerprint density at radius 1 is 1.45 bits per heavy atom. The molecule has 20 heavy (non-hydrogen) atoms. The lowest BCUT2D eigenvalue weighted by Gasteiger charge is -2.11. The van der Waals surface area contributed by atoms with Crippen LogP contribution in [0, 0.1) is 0 Å². The number of aliphatic carboxylic acids is 1. The van der Waals surface area contributed by atoms with Gasteiger partial charge in [0.1, 0.15) is 6.54 Å². The van der Waals surface area contributed by atoms with Gasteiger partial charge in [-0.15, -0.1) is 0 Å². The molecule has 106 valence electrons. The molecule has 0 amide bonds. The maximum absolute atomic E-state index is 11.6. The number of hydrogen-bond donors (Lipinski definition) is 2. The van der Waals surface area contributed by atoms with Crippen molar-refractivity contribution in [3.8, 4) is 0 Å². The minimum atomic E-state index is -0.944. The molecule has 0 atom stereocenters. The average Bonchev–Trinajstić information content (AvgIpc) is 2.81. The molecule has 1 heterocycles. The molecule has 0 saturated carbocycles. The van der Waals surface area contributed by atoms with Gasteiger partial charge in [-0.25, -0.2) is 9.78 Å². The van der Waals surface area contributed by atoms with Gasteiger partial charge in [0, 0.05) is 7.05 Å². The summed E-state index contributed by atoms with van der Waals surface area (Å²) in [6.45, 7) is 1.89. The summed E-state index contributed by atoms with van der Waals surface area (Å²) in [5.74, 6) is -0.909. The largest absolute Gasteiger partial charge is 0.480 e. The zero-order valence-corrected chi connectivity index (χ0v) is 11.2. The Hall–Kier alpha value is -2.57. The van der Waals surface area contributed by atoms with Gasteiger partial charge in [0.2, 0.25) is 5.95 Å². The average molecular weight is 277 g/mol. The normalized spacial score (nSPS) is 10.5. The number of H-pyrrole nitrogens is 1. The third kappa shape index (κ3) is 2.87. The van der Waals surface area contributed by atoms with Crippen LogP contribution in [0.25, 0.3) is 11.0 Å². The van der Waals surface area contributed by atoms with Crippen molar-refractivity contribution in [2.75, 3.05) is 25.1 Å². The van der Waals surface area contributed by atoms with Crippen LogP contribution < -0.4 is 4.90 Å². The SMILES string of the molecule is CCOC(=O)c1ccc2nc(N(C)CC(=O)O)[nH]c2c1. The van der Waals surface area contributed by atoms with Gasteiger partial charge in [-0.1, -0.05) is 0 Å². The molecule has 0 spiro atoms. The zero-order valence-electron chi connectivity index (χ0n) is 11.2. The minimum Gasteiger partial charge on any atom is -0.480 e. The number of rotatable bonds is 5. The van der Waals surface area contributed by atoms with Crippen molar-refractivity contribution in [2.45, 2.75) is 6.92 Å². The van der Waals surface area contributed by atoms with Crippen LogP contribution in [0.2, 0.25) is 0 Å². The summed E-state index contributed by atoms with van der Waals surface area (Å²) in [5, 5.41) is 8.75. The Morgan fingerprint density at radius 3 is 2.85 bits per heavy atom. The van der Waals surface area contributed by atoms with Crippen molar-refractivity contribution in [1.82, 2.24) is 9.97 Å². The lowest BCUT2D eigenvalue weighted by molar-refractivity contribution is -0.135. The van der Waals surface area contributed by atoms with E-state index in [0.29, 0.717) is 29.2 Å². The van der Waals surface area contributed by atoms with E-state index in [4.69, 9.17) is 9.84 Å². The number of imidazole rings is 1. The number of carboxylic acid groups (broad SMARTS) is 1. The molecule has 7 nitrogen and oxygen atoms in total. The smallest absolute Gasteiger partial charge is 0.338 e. The highest BCUT2D eigenvalue weighted by atomic mass is 16.5. The minimum absolute atomic E-state index is 0.162. The summed E-state index contributed by atoms with van der Waals surface area (Å²) in [7, 11) is 1.62. The summed E-state index contributed by atoms with van der Waals surface area (Å²) >= 11 is 0. The highest BCUT2D eigenvalue weighted by Crippen LogP contribution is 2.18. The molecule has 0 unspecified atom stereocenters. The van der Waals surface area contributed by atoms with E-state index in [2.05, 4.69) is 9.97 Å². The van der Waals surface area contributed by atoms with Crippen molar-refractivity contribution >= 4 is 28.9 Å². The Labute approximate surface area is 115 Å². The summed E-state index contributed by atoms with van der Waals surface area (Å²) in [6, 6.07) is 4.96. The predicted molar refractivity (Wildman–Crippen MR) is 73.0 cm³/mol. The van der Waals surface area contributed by atoms with E-state index in [1.54, 1.807) is 32.2 Å². The first-order chi connectivity index (χ1) is 9.51. The molecule has 1 aromatic carbocycles. The first kappa shape index (κ1) is 13.9. The van der Waals surface area contributed by atoms with Crippen molar-refractivity contribution in [1.29, 1.82) is 0 Å². The van der Waals surface area contributed by atoms with E-state index in [1.165, 1.54) is 4.90 Å². The van der Waals surface area contributed by atoms with Crippen LogP contribution in [0.5, 0.6) is 0 Å². The molecule has 2 N–H and O–H groups in total. The number of aromatic nitrogens is 2. The Morgan fingerprint density at radius 2 is 2.20 bits per heavy atom. The van der Waals surface area contributed by atoms with Crippen molar-refractivity contribution in [2.24, 2.45) is 0 Å². The number of benzene rings is 1. The number of carboxylic acids is 1. The quantitative estimate of drug-likeness (QED) is 0.799. The fourth-order valence-electron chi connectivity index (χ4n) is 1.80.